The molecule has 1 fully saturated rings. The van der Waals surface area contributed by atoms with E-state index in [2.05, 4.69) is 0 Å². The van der Waals surface area contributed by atoms with Gasteiger partial charge in [0.1, 0.15) is 0 Å². The summed E-state index contributed by atoms with van der Waals surface area (Å²) < 4.78 is 0.391. The third-order valence-electron chi connectivity index (χ3n) is 3.59. The molecule has 1 aliphatic heterocycles. The van der Waals surface area contributed by atoms with E-state index in [1.807, 2.05) is 12.1 Å². The maximum atomic E-state index is 12.7. The fourth-order valence-electron chi connectivity index (χ4n) is 2.39. The topological polar surface area (TPSA) is 63.5 Å². The van der Waals surface area contributed by atoms with E-state index < -0.39 is 4.92 Å². The Bertz CT molecular complexity index is 926. The maximum absolute atomic E-state index is 12.7. The molecule has 8 heteroatoms. The Balaban J connectivity index is 1.94. The number of amides is 1. The van der Waals surface area contributed by atoms with Crippen molar-refractivity contribution in [2.24, 2.45) is 0 Å². The summed E-state index contributed by atoms with van der Waals surface area (Å²) in [5, 5.41) is 11.5. The Morgan fingerprint density at radius 3 is 2.52 bits per heavy atom. The summed E-state index contributed by atoms with van der Waals surface area (Å²) in [7, 11) is 0. The first-order chi connectivity index (χ1) is 11.9. The van der Waals surface area contributed by atoms with Crippen LogP contribution in [-0.2, 0) is 4.79 Å². The molecule has 0 spiro atoms. The van der Waals surface area contributed by atoms with E-state index in [9.17, 15) is 14.9 Å². The van der Waals surface area contributed by atoms with Crippen LogP contribution in [0.25, 0.3) is 6.08 Å². The van der Waals surface area contributed by atoms with Gasteiger partial charge in [-0.3, -0.25) is 19.8 Å². The number of anilines is 1. The average molecular weight is 391 g/mol. The molecular weight excluding hydrogens is 380 g/mol. The average Bonchev–Trinajstić information content (AvgIpc) is 2.84. The van der Waals surface area contributed by atoms with Crippen LogP contribution in [0, 0.1) is 17.0 Å². The largest absolute Gasteiger partial charge is 0.270 e. The summed E-state index contributed by atoms with van der Waals surface area (Å²) in [5.74, 6) is -0.248. The summed E-state index contributed by atoms with van der Waals surface area (Å²) in [6, 6.07) is 11.4. The van der Waals surface area contributed by atoms with Crippen molar-refractivity contribution in [1.82, 2.24) is 0 Å². The van der Waals surface area contributed by atoms with Crippen LogP contribution in [0.4, 0.5) is 11.4 Å². The van der Waals surface area contributed by atoms with E-state index in [0.717, 1.165) is 5.56 Å². The smallest absolute Gasteiger partial charge is 0.268 e. The highest BCUT2D eigenvalue weighted by Gasteiger charge is 2.34. The molecule has 0 saturated carbocycles. The lowest BCUT2D eigenvalue weighted by Gasteiger charge is -2.16. The third-order valence-corrected chi connectivity index (χ3v) is 5.15. The Kier molecular flexibility index (Phi) is 4.89. The molecule has 1 amide bonds. The molecule has 0 aromatic heterocycles. The van der Waals surface area contributed by atoms with Crippen molar-refractivity contribution in [3.63, 3.8) is 0 Å². The van der Waals surface area contributed by atoms with Crippen molar-refractivity contribution in [2.45, 2.75) is 6.92 Å². The lowest BCUT2D eigenvalue weighted by molar-refractivity contribution is -0.384. The number of nitro groups is 1. The van der Waals surface area contributed by atoms with Crippen LogP contribution in [0.5, 0.6) is 0 Å². The minimum atomic E-state index is -0.471. The predicted molar refractivity (Wildman–Crippen MR) is 105 cm³/mol. The van der Waals surface area contributed by atoms with E-state index in [4.69, 9.17) is 23.8 Å². The van der Waals surface area contributed by atoms with E-state index in [1.54, 1.807) is 31.2 Å². The standard InChI is InChI=1S/C17H11ClN2O3S2/c1-10-8-13(20(22)23)6-7-14(10)19-16(21)15(25-17(19)24)9-11-2-4-12(18)5-3-11/h2-9H,1H3/b15-9-. The first kappa shape index (κ1) is 17.6. The molecule has 0 radical (unpaired) electrons. The SMILES string of the molecule is Cc1cc([N+](=O)[O-])ccc1N1C(=O)/C(=C/c2ccc(Cl)cc2)SC1=S. The Labute approximate surface area is 158 Å². The zero-order valence-electron chi connectivity index (χ0n) is 12.9. The number of thiocarbonyl (C=S) groups is 1. The number of thioether (sulfide) groups is 1. The van der Waals surface area contributed by atoms with Crippen LogP contribution in [0.2, 0.25) is 5.02 Å². The van der Waals surface area contributed by atoms with Gasteiger partial charge in [-0.15, -0.1) is 0 Å². The van der Waals surface area contributed by atoms with Gasteiger partial charge in [0.25, 0.3) is 11.6 Å². The molecule has 0 bridgehead atoms. The number of hydrogen-bond acceptors (Lipinski definition) is 5. The Hall–Kier alpha value is -2.22. The molecule has 1 saturated heterocycles. The second-order valence-corrected chi connectivity index (χ2v) is 7.41. The zero-order valence-corrected chi connectivity index (χ0v) is 15.3. The van der Waals surface area contributed by atoms with Gasteiger partial charge in [-0.25, -0.2) is 0 Å². The lowest BCUT2D eigenvalue weighted by atomic mass is 10.1. The maximum Gasteiger partial charge on any atom is 0.270 e. The Morgan fingerprint density at radius 1 is 1.24 bits per heavy atom. The molecule has 0 aliphatic carbocycles. The molecule has 5 nitrogen and oxygen atoms in total. The van der Waals surface area contributed by atoms with Crippen LogP contribution in [0.3, 0.4) is 0 Å². The quantitative estimate of drug-likeness (QED) is 0.320. The van der Waals surface area contributed by atoms with Gasteiger partial charge in [-0.2, -0.15) is 0 Å². The third kappa shape index (κ3) is 3.58. The van der Waals surface area contributed by atoms with E-state index >= 15 is 0 Å². The Morgan fingerprint density at radius 2 is 1.92 bits per heavy atom. The highest BCUT2D eigenvalue weighted by Crippen LogP contribution is 2.38. The lowest BCUT2D eigenvalue weighted by Crippen LogP contribution is -2.28. The van der Waals surface area contributed by atoms with Crippen molar-refractivity contribution in [1.29, 1.82) is 0 Å². The number of rotatable bonds is 3. The van der Waals surface area contributed by atoms with Crippen LogP contribution in [-0.4, -0.2) is 15.2 Å². The van der Waals surface area contributed by atoms with Gasteiger partial charge in [0.05, 0.1) is 15.5 Å². The summed E-state index contributed by atoms with van der Waals surface area (Å²) in [6.07, 6.45) is 1.75. The minimum absolute atomic E-state index is 0.0246. The summed E-state index contributed by atoms with van der Waals surface area (Å²) in [6.45, 7) is 1.71. The molecule has 0 atom stereocenters. The summed E-state index contributed by atoms with van der Waals surface area (Å²) in [5.41, 5.74) is 1.97. The molecule has 1 aliphatic rings. The highest BCUT2D eigenvalue weighted by atomic mass is 35.5. The normalized spacial score (nSPS) is 15.9. The van der Waals surface area contributed by atoms with Crippen LogP contribution in [0.1, 0.15) is 11.1 Å². The fourth-order valence-corrected chi connectivity index (χ4v) is 3.80. The molecule has 0 N–H and O–H groups in total. The first-order valence-corrected chi connectivity index (χ1v) is 8.75. The van der Waals surface area contributed by atoms with Gasteiger partial charge < -0.3 is 0 Å². The molecule has 2 aromatic carbocycles. The number of nitrogens with zero attached hydrogens (tertiary/aromatic N) is 2. The van der Waals surface area contributed by atoms with Gasteiger partial charge >= 0.3 is 0 Å². The summed E-state index contributed by atoms with van der Waals surface area (Å²) >= 11 is 12.4. The molecule has 2 aromatic rings. The molecule has 25 heavy (non-hydrogen) atoms. The number of non-ortho nitro benzene ring substituents is 1. The fraction of sp³-hybridized carbons (Fsp3) is 0.0588. The zero-order chi connectivity index (χ0) is 18.1. The molecule has 126 valence electrons. The molecule has 0 unspecified atom stereocenters. The number of benzene rings is 2. The molecule has 1 heterocycles. The van der Waals surface area contributed by atoms with Gasteiger partial charge in [-0.1, -0.05) is 47.7 Å². The molecular formula is C17H11ClN2O3S2. The van der Waals surface area contributed by atoms with Crippen LogP contribution < -0.4 is 4.90 Å². The van der Waals surface area contributed by atoms with Crippen molar-refractivity contribution >= 4 is 63.3 Å². The van der Waals surface area contributed by atoms with Crippen molar-refractivity contribution < 1.29 is 9.72 Å². The number of halogens is 1. The number of aryl methyl sites for hydroxylation is 1. The van der Waals surface area contributed by atoms with E-state index in [-0.39, 0.29) is 11.6 Å². The molecule has 3 rings (SSSR count). The number of nitro benzene ring substituents is 1. The number of hydrogen-bond donors (Lipinski definition) is 0. The predicted octanol–water partition coefficient (Wildman–Crippen LogP) is 4.96. The van der Waals surface area contributed by atoms with Gasteiger partial charge in [0, 0.05) is 17.2 Å². The van der Waals surface area contributed by atoms with Crippen molar-refractivity contribution in [3.05, 3.63) is 73.6 Å². The van der Waals surface area contributed by atoms with Crippen LogP contribution in [0.15, 0.2) is 47.4 Å². The summed E-state index contributed by atoms with van der Waals surface area (Å²) in [4.78, 5) is 25.0. The van der Waals surface area contributed by atoms with E-state index in [1.165, 1.54) is 28.8 Å². The number of carbonyl (C=O) groups is 1. The van der Waals surface area contributed by atoms with Crippen molar-refractivity contribution in [3.8, 4) is 0 Å². The van der Waals surface area contributed by atoms with Crippen LogP contribution >= 0.6 is 35.6 Å². The second kappa shape index (κ2) is 6.95. The first-order valence-electron chi connectivity index (χ1n) is 7.15. The van der Waals surface area contributed by atoms with Gasteiger partial charge in [0.2, 0.25) is 0 Å². The minimum Gasteiger partial charge on any atom is -0.268 e. The van der Waals surface area contributed by atoms with Gasteiger partial charge in [-0.05, 0) is 42.3 Å². The highest BCUT2D eigenvalue weighted by molar-refractivity contribution is 8.27. The van der Waals surface area contributed by atoms with E-state index in [0.29, 0.717) is 25.5 Å². The second-order valence-electron chi connectivity index (χ2n) is 5.30. The monoisotopic (exact) mass is 390 g/mol. The van der Waals surface area contributed by atoms with Gasteiger partial charge in [0.15, 0.2) is 4.32 Å². The van der Waals surface area contributed by atoms with Crippen molar-refractivity contribution in [2.75, 3.05) is 4.90 Å². The number of carbonyl (C=O) groups excluding carboxylic acids is 1.